The van der Waals surface area contributed by atoms with Crippen molar-refractivity contribution in [3.63, 3.8) is 0 Å². The number of rotatable bonds is 7. The van der Waals surface area contributed by atoms with E-state index in [0.29, 0.717) is 41.0 Å². The number of carbonyl (C=O) groups excluding carboxylic acids is 1. The first-order chi connectivity index (χ1) is 17.6. The Balaban J connectivity index is 1.63. The molecule has 0 saturated heterocycles. The highest BCUT2D eigenvalue weighted by Crippen LogP contribution is 2.40. The Morgan fingerprint density at radius 1 is 1.00 bits per heavy atom. The lowest BCUT2D eigenvalue weighted by atomic mass is 9.94. The molecule has 1 unspecified atom stereocenters. The summed E-state index contributed by atoms with van der Waals surface area (Å²) in [7, 11) is 1.61. The Kier molecular flexibility index (Phi) is 6.40. The van der Waals surface area contributed by atoms with Crippen LogP contribution >= 0.6 is 0 Å². The molecular formula is C28H26N4O4. The van der Waals surface area contributed by atoms with Gasteiger partial charge in [-0.3, -0.25) is 4.90 Å². The molecule has 8 nitrogen and oxygen atoms in total. The number of nitrogens with one attached hydrogen (secondary N) is 1. The summed E-state index contributed by atoms with van der Waals surface area (Å²) in [6.45, 7) is 4.37. The minimum Gasteiger partial charge on any atom is -0.497 e. The Morgan fingerprint density at radius 3 is 2.50 bits per heavy atom. The molecule has 2 heterocycles. The molecule has 0 spiro atoms. The number of ether oxygens (including phenoxy) is 2. The maximum absolute atomic E-state index is 13.4. The molecule has 0 aliphatic carbocycles. The van der Waals surface area contributed by atoms with Crippen LogP contribution in [0.1, 0.15) is 31.3 Å². The smallest absolute Gasteiger partial charge is 0.326 e. The molecule has 2 amide bonds. The van der Waals surface area contributed by atoms with E-state index >= 15 is 0 Å². The van der Waals surface area contributed by atoms with Gasteiger partial charge in [-0.05, 0) is 55.8 Å². The summed E-state index contributed by atoms with van der Waals surface area (Å²) in [6.07, 6.45) is 0. The van der Waals surface area contributed by atoms with Crippen LogP contribution in [0.25, 0.3) is 17.0 Å². The van der Waals surface area contributed by atoms with Crippen LogP contribution < -0.4 is 19.7 Å². The van der Waals surface area contributed by atoms with E-state index in [-0.39, 0.29) is 6.03 Å². The third-order valence-corrected chi connectivity index (χ3v) is 6.01. The van der Waals surface area contributed by atoms with E-state index in [1.54, 1.807) is 12.0 Å². The second-order valence-corrected chi connectivity index (χ2v) is 8.21. The van der Waals surface area contributed by atoms with Crippen molar-refractivity contribution in [2.24, 2.45) is 0 Å². The van der Waals surface area contributed by atoms with Crippen LogP contribution in [0.2, 0.25) is 0 Å². The molecule has 0 bridgehead atoms. The Morgan fingerprint density at radius 2 is 1.78 bits per heavy atom. The average Bonchev–Trinajstić information content (AvgIpc) is 3.40. The van der Waals surface area contributed by atoms with Gasteiger partial charge in [-0.1, -0.05) is 47.6 Å². The minimum atomic E-state index is -0.518. The van der Waals surface area contributed by atoms with Crippen molar-refractivity contribution in [1.82, 2.24) is 15.5 Å². The molecule has 1 N–H and O–H groups in total. The lowest BCUT2D eigenvalue weighted by Crippen LogP contribution is -2.46. The van der Waals surface area contributed by atoms with Crippen LogP contribution in [0.15, 0.2) is 89.1 Å². The van der Waals surface area contributed by atoms with E-state index in [0.717, 1.165) is 16.9 Å². The number of nitrogens with zero attached hydrogens (tertiary/aromatic N) is 3. The second-order valence-electron chi connectivity index (χ2n) is 8.21. The molecule has 0 saturated carbocycles. The Labute approximate surface area is 209 Å². The van der Waals surface area contributed by atoms with Gasteiger partial charge in [-0.2, -0.15) is 4.98 Å². The van der Waals surface area contributed by atoms with E-state index in [2.05, 4.69) is 10.5 Å². The zero-order chi connectivity index (χ0) is 25.1. The highest BCUT2D eigenvalue weighted by molar-refractivity contribution is 6.01. The number of allylic oxidation sites excluding steroid dienone is 1. The van der Waals surface area contributed by atoms with E-state index in [4.69, 9.17) is 19.0 Å². The predicted molar refractivity (Wildman–Crippen MR) is 137 cm³/mol. The summed E-state index contributed by atoms with van der Waals surface area (Å²) in [5, 5.41) is 7.33. The second kappa shape index (κ2) is 9.95. The van der Waals surface area contributed by atoms with Gasteiger partial charge >= 0.3 is 6.03 Å². The summed E-state index contributed by atoms with van der Waals surface area (Å²) < 4.78 is 16.7. The van der Waals surface area contributed by atoms with Crippen LogP contribution in [0.3, 0.4) is 0 Å². The van der Waals surface area contributed by atoms with Crippen LogP contribution in [-0.2, 0) is 0 Å². The lowest BCUT2D eigenvalue weighted by Gasteiger charge is -2.35. The van der Waals surface area contributed by atoms with Crippen molar-refractivity contribution in [2.45, 2.75) is 19.9 Å². The van der Waals surface area contributed by atoms with E-state index in [9.17, 15) is 4.79 Å². The highest BCUT2D eigenvalue weighted by Gasteiger charge is 2.36. The Hall–Kier alpha value is -4.59. The number of aromatic nitrogens is 2. The molecule has 0 radical (unpaired) electrons. The molecule has 0 fully saturated rings. The van der Waals surface area contributed by atoms with Gasteiger partial charge in [0, 0.05) is 11.3 Å². The van der Waals surface area contributed by atoms with Gasteiger partial charge in [0.1, 0.15) is 11.5 Å². The third kappa shape index (κ3) is 4.40. The minimum absolute atomic E-state index is 0.268. The molecule has 8 heteroatoms. The molecule has 1 aliphatic heterocycles. The molecule has 4 aromatic rings. The predicted octanol–water partition coefficient (Wildman–Crippen LogP) is 5.85. The summed E-state index contributed by atoms with van der Waals surface area (Å²) in [5.41, 5.74) is 3.75. The molecule has 1 atom stereocenters. The van der Waals surface area contributed by atoms with Crippen LogP contribution in [0.5, 0.6) is 11.5 Å². The first kappa shape index (κ1) is 23.2. The molecule has 3 aromatic carbocycles. The van der Waals surface area contributed by atoms with Gasteiger partial charge in [-0.25, -0.2) is 4.79 Å². The summed E-state index contributed by atoms with van der Waals surface area (Å²) in [5.74, 6) is 2.22. The molecule has 36 heavy (non-hydrogen) atoms. The highest BCUT2D eigenvalue weighted by atomic mass is 16.5. The van der Waals surface area contributed by atoms with Gasteiger partial charge in [0.25, 0.3) is 5.89 Å². The SMILES string of the molecule is CCOc1ccc(N2C(=O)NC(c3cccc(OC)c3)C(c3nc(-c4ccccc4)no3)=C2C)cc1. The molecule has 5 rings (SSSR count). The monoisotopic (exact) mass is 482 g/mol. The number of urea groups is 1. The van der Waals surface area contributed by atoms with Gasteiger partial charge in [0.05, 0.1) is 31.0 Å². The van der Waals surface area contributed by atoms with E-state index in [1.807, 2.05) is 92.7 Å². The van der Waals surface area contributed by atoms with Crippen LogP contribution in [0.4, 0.5) is 10.5 Å². The van der Waals surface area contributed by atoms with Crippen molar-refractivity contribution in [3.05, 3.63) is 96.0 Å². The lowest BCUT2D eigenvalue weighted by molar-refractivity contribution is 0.244. The average molecular weight is 483 g/mol. The Bertz CT molecular complexity index is 1400. The van der Waals surface area contributed by atoms with Crippen molar-refractivity contribution < 1.29 is 18.8 Å². The van der Waals surface area contributed by atoms with E-state index < -0.39 is 6.04 Å². The van der Waals surface area contributed by atoms with Gasteiger partial charge in [-0.15, -0.1) is 0 Å². The van der Waals surface area contributed by atoms with Crippen molar-refractivity contribution >= 4 is 17.3 Å². The number of carbonyl (C=O) groups is 1. The van der Waals surface area contributed by atoms with Crippen LogP contribution in [0, 0.1) is 0 Å². The first-order valence-electron chi connectivity index (χ1n) is 11.7. The van der Waals surface area contributed by atoms with Gasteiger partial charge < -0.3 is 19.3 Å². The van der Waals surface area contributed by atoms with Crippen molar-refractivity contribution in [3.8, 4) is 22.9 Å². The summed E-state index contributed by atoms with van der Waals surface area (Å²) in [6, 6.07) is 23.8. The molecule has 1 aliphatic rings. The van der Waals surface area contributed by atoms with Gasteiger partial charge in [0.2, 0.25) is 5.82 Å². The van der Waals surface area contributed by atoms with Gasteiger partial charge in [0.15, 0.2) is 0 Å². The fourth-order valence-corrected chi connectivity index (χ4v) is 4.30. The quantitative estimate of drug-likeness (QED) is 0.356. The van der Waals surface area contributed by atoms with E-state index in [1.165, 1.54) is 0 Å². The first-order valence-corrected chi connectivity index (χ1v) is 11.7. The summed E-state index contributed by atoms with van der Waals surface area (Å²) in [4.78, 5) is 19.7. The molecule has 1 aromatic heterocycles. The number of amides is 2. The number of methoxy groups -OCH3 is 1. The molecule has 182 valence electrons. The third-order valence-electron chi connectivity index (χ3n) is 6.01. The number of benzene rings is 3. The van der Waals surface area contributed by atoms with Crippen LogP contribution in [-0.4, -0.2) is 29.9 Å². The fourth-order valence-electron chi connectivity index (χ4n) is 4.30. The zero-order valence-corrected chi connectivity index (χ0v) is 20.3. The zero-order valence-electron chi connectivity index (χ0n) is 20.3. The number of hydrogen-bond acceptors (Lipinski definition) is 6. The van der Waals surface area contributed by atoms with Crippen molar-refractivity contribution in [2.75, 3.05) is 18.6 Å². The maximum atomic E-state index is 13.4. The largest absolute Gasteiger partial charge is 0.497 e. The number of hydrogen-bond donors (Lipinski definition) is 1. The molecular weight excluding hydrogens is 456 g/mol. The number of anilines is 1. The normalized spacial score (nSPS) is 15.6. The fraction of sp³-hybridized carbons (Fsp3) is 0.179. The maximum Gasteiger partial charge on any atom is 0.326 e. The topological polar surface area (TPSA) is 89.7 Å². The van der Waals surface area contributed by atoms with Crippen molar-refractivity contribution in [1.29, 1.82) is 0 Å². The summed E-state index contributed by atoms with van der Waals surface area (Å²) >= 11 is 0. The standard InChI is InChI=1S/C28H26N4O4/c1-4-35-22-15-13-21(14-16-22)32-18(2)24(27-30-26(31-36-27)19-9-6-5-7-10-19)25(29-28(32)33)20-11-8-12-23(17-20)34-3/h5-17,25H,4H2,1-3H3,(H,29,33).